The van der Waals surface area contributed by atoms with E-state index in [1.165, 1.54) is 0 Å². The zero-order valence-electron chi connectivity index (χ0n) is 16.7. The highest BCUT2D eigenvalue weighted by molar-refractivity contribution is 5.96. The first kappa shape index (κ1) is 21.7. The van der Waals surface area contributed by atoms with Gasteiger partial charge in [0.15, 0.2) is 6.61 Å². The Labute approximate surface area is 169 Å². The van der Waals surface area contributed by atoms with Crippen LogP contribution in [0.15, 0.2) is 48.5 Å². The molecule has 0 radical (unpaired) electrons. The maximum absolute atomic E-state index is 12.0. The molecule has 0 aliphatic carbocycles. The van der Waals surface area contributed by atoms with Crippen LogP contribution in [0.3, 0.4) is 0 Å². The van der Waals surface area contributed by atoms with E-state index in [0.717, 1.165) is 5.69 Å². The van der Waals surface area contributed by atoms with Gasteiger partial charge in [0.25, 0.3) is 11.8 Å². The Morgan fingerprint density at radius 2 is 1.62 bits per heavy atom. The fourth-order valence-electron chi connectivity index (χ4n) is 2.36. The van der Waals surface area contributed by atoms with Crippen LogP contribution in [0.5, 0.6) is 5.75 Å². The van der Waals surface area contributed by atoms with Crippen LogP contribution in [-0.2, 0) is 14.3 Å². The molecule has 2 aromatic rings. The first-order valence-corrected chi connectivity index (χ1v) is 9.13. The molecule has 0 atom stereocenters. The van der Waals surface area contributed by atoms with Gasteiger partial charge in [-0.2, -0.15) is 0 Å². The van der Waals surface area contributed by atoms with E-state index < -0.39 is 24.4 Å². The molecule has 0 saturated carbocycles. The molecule has 0 unspecified atom stereocenters. The minimum atomic E-state index is -0.706. The summed E-state index contributed by atoms with van der Waals surface area (Å²) >= 11 is 0. The second kappa shape index (κ2) is 10.7. The lowest BCUT2D eigenvalue weighted by Gasteiger charge is -2.13. The molecule has 8 heteroatoms. The summed E-state index contributed by atoms with van der Waals surface area (Å²) in [5.74, 6) is -0.933. The zero-order valence-corrected chi connectivity index (χ0v) is 16.7. The molecule has 0 heterocycles. The number of benzene rings is 2. The van der Waals surface area contributed by atoms with Gasteiger partial charge in [-0.15, -0.1) is 0 Å². The van der Waals surface area contributed by atoms with Gasteiger partial charge in [-0.05, 0) is 55.5 Å². The van der Waals surface area contributed by atoms with Crippen LogP contribution in [0.4, 0.5) is 11.4 Å². The first-order chi connectivity index (χ1) is 13.9. The van der Waals surface area contributed by atoms with Crippen LogP contribution < -0.4 is 20.3 Å². The van der Waals surface area contributed by atoms with Crippen molar-refractivity contribution >= 4 is 29.2 Å². The van der Waals surface area contributed by atoms with Crippen LogP contribution in [0.25, 0.3) is 0 Å². The Hall–Kier alpha value is -3.55. The third kappa shape index (κ3) is 7.17. The van der Waals surface area contributed by atoms with E-state index in [1.54, 1.807) is 36.4 Å². The average molecular weight is 399 g/mol. The third-order valence-corrected chi connectivity index (χ3v) is 3.85. The molecule has 0 bridgehead atoms. The smallest absolute Gasteiger partial charge is 0.325 e. The SMILES string of the molecule is CCOc1ccc(C(=O)NCC(=O)OCC(=O)Nc2ccc(N(C)C)cc2)cc1. The van der Waals surface area contributed by atoms with Gasteiger partial charge < -0.3 is 25.0 Å². The van der Waals surface area contributed by atoms with E-state index in [2.05, 4.69) is 10.6 Å². The molecular formula is C21H25N3O5. The number of ether oxygens (including phenoxy) is 2. The van der Waals surface area contributed by atoms with Crippen molar-refractivity contribution < 1.29 is 23.9 Å². The van der Waals surface area contributed by atoms with Gasteiger partial charge in [0.05, 0.1) is 6.61 Å². The molecule has 0 fully saturated rings. The Morgan fingerprint density at radius 1 is 0.966 bits per heavy atom. The van der Waals surface area contributed by atoms with Crippen molar-refractivity contribution in [1.82, 2.24) is 5.32 Å². The minimum Gasteiger partial charge on any atom is -0.494 e. The number of carbonyl (C=O) groups is 3. The fourth-order valence-corrected chi connectivity index (χ4v) is 2.36. The van der Waals surface area contributed by atoms with Crippen molar-refractivity contribution in [3.63, 3.8) is 0 Å². The summed E-state index contributed by atoms with van der Waals surface area (Å²) in [6.45, 7) is 1.63. The van der Waals surface area contributed by atoms with Crippen LogP contribution in [-0.4, -0.2) is 51.6 Å². The second-order valence-electron chi connectivity index (χ2n) is 6.29. The first-order valence-electron chi connectivity index (χ1n) is 9.13. The summed E-state index contributed by atoms with van der Waals surface area (Å²) in [5.41, 5.74) is 1.98. The summed E-state index contributed by atoms with van der Waals surface area (Å²) in [6.07, 6.45) is 0. The number of carbonyl (C=O) groups excluding carboxylic acids is 3. The number of esters is 1. The van der Waals surface area contributed by atoms with E-state index in [-0.39, 0.29) is 6.54 Å². The van der Waals surface area contributed by atoms with Crippen molar-refractivity contribution in [1.29, 1.82) is 0 Å². The fraction of sp³-hybridized carbons (Fsp3) is 0.286. The summed E-state index contributed by atoms with van der Waals surface area (Å²) in [7, 11) is 3.84. The summed E-state index contributed by atoms with van der Waals surface area (Å²) in [5, 5.41) is 5.09. The Kier molecular flexibility index (Phi) is 8.02. The van der Waals surface area contributed by atoms with E-state index in [1.807, 2.05) is 38.1 Å². The Balaban J connectivity index is 1.71. The van der Waals surface area contributed by atoms with E-state index in [0.29, 0.717) is 23.6 Å². The molecular weight excluding hydrogens is 374 g/mol. The predicted octanol–water partition coefficient (Wildman–Crippen LogP) is 2.06. The van der Waals surface area contributed by atoms with Crippen molar-refractivity contribution in [2.75, 3.05) is 44.1 Å². The molecule has 2 rings (SSSR count). The van der Waals surface area contributed by atoms with Crippen LogP contribution >= 0.6 is 0 Å². The molecule has 2 amide bonds. The Bertz CT molecular complexity index is 832. The molecule has 0 spiro atoms. The van der Waals surface area contributed by atoms with Crippen molar-refractivity contribution in [3.05, 3.63) is 54.1 Å². The summed E-state index contributed by atoms with van der Waals surface area (Å²) in [6, 6.07) is 13.8. The van der Waals surface area contributed by atoms with Crippen molar-refractivity contribution in [3.8, 4) is 5.75 Å². The molecule has 154 valence electrons. The predicted molar refractivity (Wildman–Crippen MR) is 110 cm³/mol. The summed E-state index contributed by atoms with van der Waals surface area (Å²) < 4.78 is 10.2. The van der Waals surface area contributed by atoms with Crippen LogP contribution in [0, 0.1) is 0 Å². The van der Waals surface area contributed by atoms with Gasteiger partial charge in [-0.3, -0.25) is 14.4 Å². The normalized spacial score (nSPS) is 10.0. The van der Waals surface area contributed by atoms with Crippen LogP contribution in [0.2, 0.25) is 0 Å². The van der Waals surface area contributed by atoms with Gasteiger partial charge in [0, 0.05) is 31.0 Å². The number of hydrogen-bond acceptors (Lipinski definition) is 6. The zero-order chi connectivity index (χ0) is 21.2. The third-order valence-electron chi connectivity index (χ3n) is 3.85. The maximum Gasteiger partial charge on any atom is 0.325 e. The number of amides is 2. The minimum absolute atomic E-state index is 0.336. The molecule has 29 heavy (non-hydrogen) atoms. The standard InChI is InChI=1S/C21H25N3O5/c1-4-28-18-11-5-15(6-12-18)21(27)22-13-20(26)29-14-19(25)23-16-7-9-17(10-8-16)24(2)3/h5-12H,4,13-14H2,1-3H3,(H,22,27)(H,23,25). The van der Waals surface area contributed by atoms with E-state index in [4.69, 9.17) is 9.47 Å². The van der Waals surface area contributed by atoms with Gasteiger partial charge in [-0.1, -0.05) is 0 Å². The topological polar surface area (TPSA) is 97.0 Å². The summed E-state index contributed by atoms with van der Waals surface area (Å²) in [4.78, 5) is 37.6. The van der Waals surface area contributed by atoms with Gasteiger partial charge in [-0.25, -0.2) is 0 Å². The Morgan fingerprint density at radius 3 is 2.21 bits per heavy atom. The molecule has 0 aromatic heterocycles. The molecule has 2 aromatic carbocycles. The van der Waals surface area contributed by atoms with Gasteiger partial charge in [0.1, 0.15) is 12.3 Å². The number of rotatable bonds is 9. The largest absolute Gasteiger partial charge is 0.494 e. The maximum atomic E-state index is 12.0. The highest BCUT2D eigenvalue weighted by Crippen LogP contribution is 2.15. The lowest BCUT2D eigenvalue weighted by molar-refractivity contribution is -0.146. The second-order valence-corrected chi connectivity index (χ2v) is 6.29. The molecule has 0 aliphatic heterocycles. The quantitative estimate of drug-likeness (QED) is 0.627. The monoisotopic (exact) mass is 399 g/mol. The number of anilines is 2. The highest BCUT2D eigenvalue weighted by Gasteiger charge is 2.11. The number of nitrogens with zero attached hydrogens (tertiary/aromatic N) is 1. The lowest BCUT2D eigenvalue weighted by Crippen LogP contribution is -2.32. The van der Waals surface area contributed by atoms with Crippen molar-refractivity contribution in [2.45, 2.75) is 6.92 Å². The lowest BCUT2D eigenvalue weighted by atomic mass is 10.2. The average Bonchev–Trinajstić information content (AvgIpc) is 2.71. The molecule has 2 N–H and O–H groups in total. The van der Waals surface area contributed by atoms with E-state index in [9.17, 15) is 14.4 Å². The molecule has 0 aliphatic rings. The number of nitrogens with one attached hydrogen (secondary N) is 2. The molecule has 8 nitrogen and oxygen atoms in total. The van der Waals surface area contributed by atoms with E-state index >= 15 is 0 Å². The number of hydrogen-bond donors (Lipinski definition) is 2. The van der Waals surface area contributed by atoms with Crippen molar-refractivity contribution in [2.24, 2.45) is 0 Å². The molecule has 0 saturated heterocycles. The van der Waals surface area contributed by atoms with Gasteiger partial charge in [0.2, 0.25) is 0 Å². The van der Waals surface area contributed by atoms with Gasteiger partial charge >= 0.3 is 5.97 Å². The van der Waals surface area contributed by atoms with Crippen LogP contribution in [0.1, 0.15) is 17.3 Å². The highest BCUT2D eigenvalue weighted by atomic mass is 16.5.